The van der Waals surface area contributed by atoms with Gasteiger partial charge in [0.05, 0.1) is 15.7 Å². The number of halogens is 2. The highest BCUT2D eigenvalue weighted by molar-refractivity contribution is 6.39. The predicted molar refractivity (Wildman–Crippen MR) is 84.1 cm³/mol. The van der Waals surface area contributed by atoms with Crippen LogP contribution in [0.4, 0.5) is 11.4 Å². The SMILES string of the molecule is Cc1ccc(C(C)Nc2c(Cl)cc(N)cc2Cl)cc1. The highest BCUT2D eigenvalue weighted by Crippen LogP contribution is 2.35. The fourth-order valence-electron chi connectivity index (χ4n) is 1.89. The maximum Gasteiger partial charge on any atom is 0.0725 e. The van der Waals surface area contributed by atoms with Crippen molar-refractivity contribution in [1.29, 1.82) is 0 Å². The van der Waals surface area contributed by atoms with Crippen molar-refractivity contribution in [3.8, 4) is 0 Å². The Labute approximate surface area is 123 Å². The van der Waals surface area contributed by atoms with Crippen molar-refractivity contribution in [3.05, 3.63) is 57.6 Å². The molecule has 1 unspecified atom stereocenters. The second-order valence-electron chi connectivity index (χ2n) is 4.64. The van der Waals surface area contributed by atoms with E-state index >= 15 is 0 Å². The van der Waals surface area contributed by atoms with Crippen molar-refractivity contribution in [1.82, 2.24) is 0 Å². The second kappa shape index (κ2) is 5.72. The monoisotopic (exact) mass is 294 g/mol. The molecule has 4 heteroatoms. The van der Waals surface area contributed by atoms with Gasteiger partial charge in [0, 0.05) is 11.7 Å². The highest BCUT2D eigenvalue weighted by atomic mass is 35.5. The molecule has 0 bridgehead atoms. The summed E-state index contributed by atoms with van der Waals surface area (Å²) in [5.74, 6) is 0. The fourth-order valence-corrected chi connectivity index (χ4v) is 2.50. The van der Waals surface area contributed by atoms with Gasteiger partial charge in [0.1, 0.15) is 0 Å². The zero-order valence-corrected chi connectivity index (χ0v) is 12.4. The minimum atomic E-state index is 0.110. The van der Waals surface area contributed by atoms with Gasteiger partial charge in [0.2, 0.25) is 0 Å². The Morgan fingerprint density at radius 1 is 1.05 bits per heavy atom. The van der Waals surface area contributed by atoms with Crippen LogP contribution in [0, 0.1) is 6.92 Å². The summed E-state index contributed by atoms with van der Waals surface area (Å²) in [6, 6.07) is 11.8. The molecule has 0 saturated heterocycles. The van der Waals surface area contributed by atoms with E-state index in [9.17, 15) is 0 Å². The number of aryl methyl sites for hydroxylation is 1. The molecule has 0 saturated carbocycles. The molecule has 0 fully saturated rings. The van der Waals surface area contributed by atoms with Crippen molar-refractivity contribution in [3.63, 3.8) is 0 Å². The van der Waals surface area contributed by atoms with E-state index in [1.54, 1.807) is 12.1 Å². The number of hydrogen-bond acceptors (Lipinski definition) is 2. The van der Waals surface area contributed by atoms with Crippen LogP contribution in [0.15, 0.2) is 36.4 Å². The molecular formula is C15H16Cl2N2. The molecule has 2 aromatic rings. The predicted octanol–water partition coefficient (Wildman–Crippen LogP) is 5.06. The number of anilines is 2. The van der Waals surface area contributed by atoms with Crippen LogP contribution < -0.4 is 11.1 Å². The summed E-state index contributed by atoms with van der Waals surface area (Å²) < 4.78 is 0. The summed E-state index contributed by atoms with van der Waals surface area (Å²) in [5, 5.41) is 4.38. The van der Waals surface area contributed by atoms with Crippen LogP contribution in [-0.4, -0.2) is 0 Å². The fraction of sp³-hybridized carbons (Fsp3) is 0.200. The first-order valence-corrected chi connectivity index (χ1v) is 6.80. The maximum atomic E-state index is 6.16. The van der Waals surface area contributed by atoms with E-state index in [4.69, 9.17) is 28.9 Å². The molecule has 0 spiro atoms. The number of hydrogen-bond donors (Lipinski definition) is 2. The van der Waals surface area contributed by atoms with Gasteiger partial charge in [-0.25, -0.2) is 0 Å². The molecule has 0 heterocycles. The zero-order valence-electron chi connectivity index (χ0n) is 10.9. The molecule has 0 amide bonds. The zero-order chi connectivity index (χ0) is 14.0. The van der Waals surface area contributed by atoms with Crippen molar-refractivity contribution in [2.45, 2.75) is 19.9 Å². The second-order valence-corrected chi connectivity index (χ2v) is 5.45. The Bertz CT molecular complexity index is 556. The number of rotatable bonds is 3. The van der Waals surface area contributed by atoms with Crippen LogP contribution in [0.2, 0.25) is 10.0 Å². The van der Waals surface area contributed by atoms with Crippen molar-refractivity contribution < 1.29 is 0 Å². The lowest BCUT2D eigenvalue weighted by atomic mass is 10.1. The number of nitrogen functional groups attached to an aromatic ring is 1. The molecular weight excluding hydrogens is 279 g/mol. The molecule has 100 valence electrons. The summed E-state index contributed by atoms with van der Waals surface area (Å²) in [4.78, 5) is 0. The third-order valence-corrected chi connectivity index (χ3v) is 3.60. The molecule has 0 aromatic heterocycles. The number of benzene rings is 2. The first kappa shape index (κ1) is 14.0. The molecule has 0 aliphatic carbocycles. The van der Waals surface area contributed by atoms with Crippen LogP contribution >= 0.6 is 23.2 Å². The highest BCUT2D eigenvalue weighted by Gasteiger charge is 2.11. The Morgan fingerprint density at radius 3 is 2.11 bits per heavy atom. The largest absolute Gasteiger partial charge is 0.399 e. The van der Waals surface area contributed by atoms with E-state index < -0.39 is 0 Å². The molecule has 0 radical (unpaired) electrons. The van der Waals surface area contributed by atoms with Gasteiger partial charge in [-0.1, -0.05) is 53.0 Å². The van der Waals surface area contributed by atoms with Gasteiger partial charge in [-0.15, -0.1) is 0 Å². The minimum Gasteiger partial charge on any atom is -0.399 e. The third-order valence-electron chi connectivity index (χ3n) is 3.00. The van der Waals surface area contributed by atoms with Gasteiger partial charge < -0.3 is 11.1 Å². The number of nitrogens with two attached hydrogens (primary N) is 1. The minimum absolute atomic E-state index is 0.110. The van der Waals surface area contributed by atoms with E-state index in [0.29, 0.717) is 21.4 Å². The van der Waals surface area contributed by atoms with E-state index in [0.717, 1.165) is 0 Å². The third kappa shape index (κ3) is 3.34. The van der Waals surface area contributed by atoms with Crippen LogP contribution in [0.1, 0.15) is 24.1 Å². The Hall–Kier alpha value is -1.38. The quantitative estimate of drug-likeness (QED) is 0.777. The summed E-state index contributed by atoms with van der Waals surface area (Å²) in [7, 11) is 0. The average molecular weight is 295 g/mol. The molecule has 2 aromatic carbocycles. The van der Waals surface area contributed by atoms with Gasteiger partial charge in [-0.05, 0) is 31.5 Å². The van der Waals surface area contributed by atoms with Crippen molar-refractivity contribution in [2.24, 2.45) is 0 Å². The normalized spacial score (nSPS) is 12.2. The van der Waals surface area contributed by atoms with Gasteiger partial charge in [0.25, 0.3) is 0 Å². The first-order valence-electron chi connectivity index (χ1n) is 6.05. The van der Waals surface area contributed by atoms with E-state index in [-0.39, 0.29) is 6.04 Å². The smallest absolute Gasteiger partial charge is 0.0725 e. The van der Waals surface area contributed by atoms with Crippen molar-refractivity contribution >= 4 is 34.6 Å². The standard InChI is InChI=1S/C15H16Cl2N2/c1-9-3-5-11(6-4-9)10(2)19-15-13(16)7-12(18)8-14(15)17/h3-8,10,19H,18H2,1-2H3. The van der Waals surface area contributed by atoms with E-state index in [1.165, 1.54) is 11.1 Å². The van der Waals surface area contributed by atoms with Crippen LogP contribution in [0.25, 0.3) is 0 Å². The summed E-state index contributed by atoms with van der Waals surface area (Å²) in [6.45, 7) is 4.13. The van der Waals surface area contributed by atoms with Gasteiger partial charge >= 0.3 is 0 Å². The Balaban J connectivity index is 2.24. The average Bonchev–Trinajstić information content (AvgIpc) is 2.34. The maximum absolute atomic E-state index is 6.16. The van der Waals surface area contributed by atoms with Crippen LogP contribution in [0.3, 0.4) is 0 Å². The first-order chi connectivity index (χ1) is 8.97. The lowest BCUT2D eigenvalue weighted by molar-refractivity contribution is 0.884. The van der Waals surface area contributed by atoms with Crippen LogP contribution in [-0.2, 0) is 0 Å². The van der Waals surface area contributed by atoms with Gasteiger partial charge in [-0.3, -0.25) is 0 Å². The van der Waals surface area contributed by atoms with Gasteiger partial charge in [-0.2, -0.15) is 0 Å². The van der Waals surface area contributed by atoms with E-state index in [1.807, 2.05) is 0 Å². The van der Waals surface area contributed by atoms with E-state index in [2.05, 4.69) is 43.4 Å². The van der Waals surface area contributed by atoms with Gasteiger partial charge in [0.15, 0.2) is 0 Å². The lowest BCUT2D eigenvalue weighted by Gasteiger charge is -2.18. The topological polar surface area (TPSA) is 38.0 Å². The summed E-state index contributed by atoms with van der Waals surface area (Å²) >= 11 is 12.3. The molecule has 19 heavy (non-hydrogen) atoms. The molecule has 2 nitrogen and oxygen atoms in total. The summed E-state index contributed by atoms with van der Waals surface area (Å²) in [6.07, 6.45) is 0. The Morgan fingerprint density at radius 2 is 1.58 bits per heavy atom. The molecule has 3 N–H and O–H groups in total. The lowest BCUT2D eigenvalue weighted by Crippen LogP contribution is -2.07. The molecule has 0 aliphatic heterocycles. The van der Waals surface area contributed by atoms with Crippen LogP contribution in [0.5, 0.6) is 0 Å². The summed E-state index contributed by atoms with van der Waals surface area (Å²) in [5.41, 5.74) is 9.37. The number of nitrogens with one attached hydrogen (secondary N) is 1. The molecule has 1 atom stereocenters. The van der Waals surface area contributed by atoms with Crippen molar-refractivity contribution in [2.75, 3.05) is 11.1 Å². The molecule has 2 rings (SSSR count). The Kier molecular flexibility index (Phi) is 4.23. The molecule has 0 aliphatic rings.